The zero-order valence-electron chi connectivity index (χ0n) is 18.8. The van der Waals surface area contributed by atoms with Crippen LogP contribution in [-0.2, 0) is 16.1 Å². The SMILES string of the molecule is CCOC(=O)[C@@H]1CN(CCn2c(=O)[nH]c3ccccc3c2=O)CCC1c1ccc([N+](=O)[O-])cc1. The van der Waals surface area contributed by atoms with E-state index in [1.165, 1.54) is 16.7 Å². The molecular weight excluding hydrogens is 440 g/mol. The summed E-state index contributed by atoms with van der Waals surface area (Å²) in [5, 5.41) is 11.4. The summed E-state index contributed by atoms with van der Waals surface area (Å²) in [6, 6.07) is 13.2. The van der Waals surface area contributed by atoms with Crippen LogP contribution in [0.4, 0.5) is 5.69 Å². The van der Waals surface area contributed by atoms with Crippen molar-refractivity contribution < 1.29 is 14.5 Å². The lowest BCUT2D eigenvalue weighted by Crippen LogP contribution is -2.46. The number of non-ortho nitro benzene ring substituents is 1. The normalized spacial score (nSPS) is 18.6. The molecule has 0 spiro atoms. The Morgan fingerprint density at radius 2 is 1.88 bits per heavy atom. The van der Waals surface area contributed by atoms with Crippen molar-refractivity contribution in [1.82, 2.24) is 14.5 Å². The number of aromatic amines is 1. The molecule has 1 unspecified atom stereocenters. The van der Waals surface area contributed by atoms with Gasteiger partial charge in [-0.15, -0.1) is 0 Å². The molecule has 4 rings (SSSR count). The van der Waals surface area contributed by atoms with Crippen LogP contribution in [0, 0.1) is 16.0 Å². The maximum absolute atomic E-state index is 12.8. The van der Waals surface area contributed by atoms with Crippen molar-refractivity contribution in [3.8, 4) is 0 Å². The molecule has 1 N–H and O–H groups in total. The number of carbonyl (C=O) groups is 1. The topological polar surface area (TPSA) is 128 Å². The van der Waals surface area contributed by atoms with Gasteiger partial charge in [0.1, 0.15) is 0 Å². The number of nitro benzene ring substituents is 1. The van der Waals surface area contributed by atoms with Crippen LogP contribution in [0.25, 0.3) is 10.9 Å². The molecule has 34 heavy (non-hydrogen) atoms. The molecule has 10 heteroatoms. The molecule has 2 aromatic carbocycles. The molecule has 0 saturated carbocycles. The maximum atomic E-state index is 12.8. The van der Waals surface area contributed by atoms with Crippen LogP contribution in [0.2, 0.25) is 0 Å². The third kappa shape index (κ3) is 4.76. The summed E-state index contributed by atoms with van der Waals surface area (Å²) in [7, 11) is 0. The van der Waals surface area contributed by atoms with Gasteiger partial charge in [0.05, 0.1) is 28.4 Å². The van der Waals surface area contributed by atoms with Crippen LogP contribution in [0.3, 0.4) is 0 Å². The highest BCUT2D eigenvalue weighted by Crippen LogP contribution is 2.34. The van der Waals surface area contributed by atoms with Crippen molar-refractivity contribution in [3.05, 3.63) is 85.0 Å². The highest BCUT2D eigenvalue weighted by Gasteiger charge is 2.36. The first-order valence-corrected chi connectivity index (χ1v) is 11.2. The molecule has 1 fully saturated rings. The number of carbonyl (C=O) groups excluding carboxylic acids is 1. The molecule has 1 aliphatic rings. The number of rotatable bonds is 7. The summed E-state index contributed by atoms with van der Waals surface area (Å²) >= 11 is 0. The van der Waals surface area contributed by atoms with Gasteiger partial charge in [0.2, 0.25) is 0 Å². The van der Waals surface area contributed by atoms with Gasteiger partial charge in [-0.05, 0) is 43.5 Å². The first-order valence-electron chi connectivity index (χ1n) is 11.2. The predicted molar refractivity (Wildman–Crippen MR) is 126 cm³/mol. The molecule has 1 aromatic heterocycles. The van der Waals surface area contributed by atoms with Gasteiger partial charge in [0.15, 0.2) is 0 Å². The van der Waals surface area contributed by atoms with E-state index in [2.05, 4.69) is 4.98 Å². The highest BCUT2D eigenvalue weighted by atomic mass is 16.6. The lowest BCUT2D eigenvalue weighted by molar-refractivity contribution is -0.384. The highest BCUT2D eigenvalue weighted by molar-refractivity contribution is 5.77. The van der Waals surface area contributed by atoms with E-state index in [9.17, 15) is 24.5 Å². The summed E-state index contributed by atoms with van der Waals surface area (Å²) in [5.74, 6) is -0.916. The molecule has 0 amide bonds. The molecular formula is C24H26N4O6. The van der Waals surface area contributed by atoms with Crippen LogP contribution in [0.5, 0.6) is 0 Å². The van der Waals surface area contributed by atoms with E-state index >= 15 is 0 Å². The molecule has 1 saturated heterocycles. The van der Waals surface area contributed by atoms with Gasteiger partial charge in [-0.25, -0.2) is 4.79 Å². The second kappa shape index (κ2) is 10.0. The van der Waals surface area contributed by atoms with Crippen LogP contribution in [-0.4, -0.2) is 51.6 Å². The third-order valence-electron chi connectivity index (χ3n) is 6.35. The second-order valence-corrected chi connectivity index (χ2v) is 8.34. The number of nitrogens with zero attached hydrogens (tertiary/aromatic N) is 3. The number of benzene rings is 2. The maximum Gasteiger partial charge on any atom is 0.328 e. The van der Waals surface area contributed by atoms with Gasteiger partial charge < -0.3 is 14.6 Å². The van der Waals surface area contributed by atoms with Gasteiger partial charge in [0.25, 0.3) is 11.2 Å². The zero-order chi connectivity index (χ0) is 24.2. The Kier molecular flexibility index (Phi) is 6.87. The van der Waals surface area contributed by atoms with Gasteiger partial charge in [-0.2, -0.15) is 0 Å². The summed E-state index contributed by atoms with van der Waals surface area (Å²) in [5.41, 5.74) is 0.541. The summed E-state index contributed by atoms with van der Waals surface area (Å²) in [6.45, 7) is 3.67. The molecule has 2 heterocycles. The quantitative estimate of drug-likeness (QED) is 0.321. The minimum Gasteiger partial charge on any atom is -0.466 e. The molecule has 2 atom stereocenters. The number of fused-ring (bicyclic) bond motifs is 1. The van der Waals surface area contributed by atoms with Crippen molar-refractivity contribution >= 4 is 22.6 Å². The number of H-pyrrole nitrogens is 1. The van der Waals surface area contributed by atoms with E-state index < -0.39 is 16.5 Å². The minimum atomic E-state index is -0.466. The fourth-order valence-corrected chi connectivity index (χ4v) is 4.60. The fourth-order valence-electron chi connectivity index (χ4n) is 4.60. The minimum absolute atomic E-state index is 0.0000745. The molecule has 0 aliphatic carbocycles. The second-order valence-electron chi connectivity index (χ2n) is 8.34. The standard InChI is InChI=1S/C24H26N4O6/c1-2-34-23(30)20-15-26(12-11-18(20)16-7-9-17(10-8-16)28(32)33)13-14-27-22(29)19-5-3-4-6-21(19)25-24(27)31/h3-10,18,20H,2,11-15H2,1H3,(H,25,31)/t18?,20-/m1/s1. The third-order valence-corrected chi connectivity index (χ3v) is 6.35. The first-order chi connectivity index (χ1) is 16.4. The van der Waals surface area contributed by atoms with Crippen LogP contribution < -0.4 is 11.2 Å². The molecule has 0 bridgehead atoms. The van der Waals surface area contributed by atoms with E-state index in [0.717, 1.165) is 5.56 Å². The summed E-state index contributed by atoms with van der Waals surface area (Å²) in [6.07, 6.45) is 0.643. The number of hydrogen-bond acceptors (Lipinski definition) is 7. The Balaban J connectivity index is 1.51. The van der Waals surface area contributed by atoms with Gasteiger partial charge in [-0.3, -0.25) is 24.3 Å². The van der Waals surface area contributed by atoms with Crippen LogP contribution in [0.15, 0.2) is 58.1 Å². The van der Waals surface area contributed by atoms with Gasteiger partial charge in [0, 0.05) is 31.8 Å². The van der Waals surface area contributed by atoms with E-state index in [1.807, 2.05) is 4.90 Å². The number of nitro groups is 1. The number of hydrogen-bond donors (Lipinski definition) is 1. The average molecular weight is 466 g/mol. The summed E-state index contributed by atoms with van der Waals surface area (Å²) < 4.78 is 6.49. The molecule has 1 aliphatic heterocycles. The molecule has 10 nitrogen and oxygen atoms in total. The summed E-state index contributed by atoms with van der Waals surface area (Å²) in [4.78, 5) is 53.3. The average Bonchev–Trinajstić information content (AvgIpc) is 2.84. The largest absolute Gasteiger partial charge is 0.466 e. The number of esters is 1. The number of nitrogens with one attached hydrogen (secondary N) is 1. The van der Waals surface area contributed by atoms with E-state index in [4.69, 9.17) is 4.74 Å². The fraction of sp³-hybridized carbons (Fsp3) is 0.375. The van der Waals surface area contributed by atoms with E-state index in [0.29, 0.717) is 37.0 Å². The smallest absolute Gasteiger partial charge is 0.328 e. The number of para-hydroxylation sites is 1. The van der Waals surface area contributed by atoms with E-state index in [1.54, 1.807) is 43.3 Å². The zero-order valence-corrected chi connectivity index (χ0v) is 18.8. The Bertz CT molecular complexity index is 1310. The van der Waals surface area contributed by atoms with Crippen molar-refractivity contribution in [2.75, 3.05) is 26.2 Å². The van der Waals surface area contributed by atoms with Crippen molar-refractivity contribution in [2.24, 2.45) is 5.92 Å². The monoisotopic (exact) mass is 466 g/mol. The number of piperidine rings is 1. The van der Waals surface area contributed by atoms with Crippen LogP contribution >= 0.6 is 0 Å². The molecule has 3 aromatic rings. The Morgan fingerprint density at radius 1 is 1.15 bits per heavy atom. The number of aromatic nitrogens is 2. The Hall–Kier alpha value is -3.79. The first kappa shape index (κ1) is 23.4. The van der Waals surface area contributed by atoms with E-state index in [-0.39, 0.29) is 36.3 Å². The van der Waals surface area contributed by atoms with Crippen molar-refractivity contribution in [2.45, 2.75) is 25.8 Å². The predicted octanol–water partition coefficient (Wildman–Crippen LogP) is 2.27. The van der Waals surface area contributed by atoms with Crippen molar-refractivity contribution in [3.63, 3.8) is 0 Å². The Morgan fingerprint density at radius 3 is 2.59 bits per heavy atom. The number of ether oxygens (including phenoxy) is 1. The number of likely N-dealkylation sites (tertiary alicyclic amines) is 1. The lowest BCUT2D eigenvalue weighted by atomic mass is 9.80. The van der Waals surface area contributed by atoms with Crippen molar-refractivity contribution in [1.29, 1.82) is 0 Å². The van der Waals surface area contributed by atoms with Gasteiger partial charge in [-0.1, -0.05) is 24.3 Å². The van der Waals surface area contributed by atoms with Gasteiger partial charge >= 0.3 is 11.7 Å². The Labute approximate surface area is 194 Å². The lowest BCUT2D eigenvalue weighted by Gasteiger charge is -2.37. The molecule has 178 valence electrons. The van der Waals surface area contributed by atoms with Crippen LogP contribution in [0.1, 0.15) is 24.8 Å². The molecule has 0 radical (unpaired) electrons.